The smallest absolute Gasteiger partial charge is 0.257 e. The number of nitrogens with zero attached hydrogens (tertiary/aromatic N) is 2. The second-order valence-electron chi connectivity index (χ2n) is 4.59. The van der Waals surface area contributed by atoms with E-state index in [1.807, 2.05) is 0 Å². The van der Waals surface area contributed by atoms with E-state index in [9.17, 15) is 9.59 Å². The van der Waals surface area contributed by atoms with Gasteiger partial charge in [-0.1, -0.05) is 18.2 Å². The molecule has 6 heteroatoms. The molecule has 0 aliphatic rings. The lowest BCUT2D eigenvalue weighted by atomic mass is 10.1. The van der Waals surface area contributed by atoms with Gasteiger partial charge in [0.2, 0.25) is 0 Å². The van der Waals surface area contributed by atoms with E-state index in [1.54, 1.807) is 48.7 Å². The molecule has 1 aromatic heterocycles. The van der Waals surface area contributed by atoms with Gasteiger partial charge in [-0.3, -0.25) is 19.6 Å². The molecule has 1 heterocycles. The fourth-order valence-corrected chi connectivity index (χ4v) is 2.17. The highest BCUT2D eigenvalue weighted by Crippen LogP contribution is 2.18. The third-order valence-corrected chi connectivity index (χ3v) is 3.18. The van der Waals surface area contributed by atoms with Crippen molar-refractivity contribution in [2.45, 2.75) is 0 Å². The first-order chi connectivity index (χ1) is 10.7. The average Bonchev–Trinajstić information content (AvgIpc) is 2.54. The van der Waals surface area contributed by atoms with E-state index >= 15 is 0 Å². The maximum Gasteiger partial charge on any atom is 0.257 e. The van der Waals surface area contributed by atoms with Gasteiger partial charge in [-0.05, 0) is 24.3 Å². The summed E-state index contributed by atoms with van der Waals surface area (Å²) in [4.78, 5) is 32.2. The van der Waals surface area contributed by atoms with Crippen molar-refractivity contribution >= 4 is 28.5 Å². The van der Waals surface area contributed by atoms with Gasteiger partial charge in [-0.15, -0.1) is 0 Å². The number of carbonyl (C=O) groups is 2. The van der Waals surface area contributed by atoms with E-state index in [4.69, 9.17) is 5.73 Å². The number of para-hydroxylation sites is 2. The quantitative estimate of drug-likeness (QED) is 0.771. The summed E-state index contributed by atoms with van der Waals surface area (Å²) in [6, 6.07) is 11.7. The summed E-state index contributed by atoms with van der Waals surface area (Å²) in [5, 5.41) is 2.69. The zero-order chi connectivity index (χ0) is 15.5. The highest BCUT2D eigenvalue weighted by atomic mass is 16.2. The maximum absolute atomic E-state index is 12.5. The van der Waals surface area contributed by atoms with Crippen molar-refractivity contribution in [1.82, 2.24) is 9.97 Å². The molecule has 0 bridgehead atoms. The van der Waals surface area contributed by atoms with Gasteiger partial charge in [0.25, 0.3) is 11.8 Å². The van der Waals surface area contributed by atoms with Crippen molar-refractivity contribution in [3.05, 3.63) is 66.0 Å². The summed E-state index contributed by atoms with van der Waals surface area (Å²) in [7, 11) is 0. The van der Waals surface area contributed by atoms with Crippen LogP contribution in [-0.4, -0.2) is 21.8 Å². The van der Waals surface area contributed by atoms with Crippen LogP contribution in [-0.2, 0) is 0 Å². The van der Waals surface area contributed by atoms with Crippen molar-refractivity contribution in [1.29, 1.82) is 0 Å². The van der Waals surface area contributed by atoms with Crippen LogP contribution < -0.4 is 11.1 Å². The van der Waals surface area contributed by atoms with Crippen LogP contribution in [0.4, 0.5) is 5.69 Å². The Morgan fingerprint density at radius 1 is 0.909 bits per heavy atom. The molecule has 0 aliphatic heterocycles. The Labute approximate surface area is 126 Å². The number of amides is 2. The van der Waals surface area contributed by atoms with Crippen LogP contribution >= 0.6 is 0 Å². The van der Waals surface area contributed by atoms with Gasteiger partial charge in [0.05, 0.1) is 22.3 Å². The molecular formula is C16H12N4O2. The molecule has 3 N–H and O–H groups in total. The molecule has 0 atom stereocenters. The Morgan fingerprint density at radius 3 is 2.45 bits per heavy atom. The number of fused-ring (bicyclic) bond motifs is 1. The van der Waals surface area contributed by atoms with Crippen molar-refractivity contribution in [3.63, 3.8) is 0 Å². The number of nitrogens with one attached hydrogen (secondary N) is 1. The number of benzene rings is 2. The van der Waals surface area contributed by atoms with E-state index in [0.717, 1.165) is 0 Å². The van der Waals surface area contributed by atoms with Crippen molar-refractivity contribution < 1.29 is 9.59 Å². The molecule has 22 heavy (non-hydrogen) atoms. The Bertz CT molecular complexity index is 871. The van der Waals surface area contributed by atoms with Crippen LogP contribution in [0.5, 0.6) is 0 Å². The molecular weight excluding hydrogens is 280 g/mol. The van der Waals surface area contributed by atoms with E-state index in [1.165, 1.54) is 6.20 Å². The summed E-state index contributed by atoms with van der Waals surface area (Å²) in [6.07, 6.45) is 3.09. The molecule has 108 valence electrons. The minimum atomic E-state index is -0.603. The van der Waals surface area contributed by atoms with Crippen LogP contribution in [0, 0.1) is 0 Å². The molecule has 2 aromatic carbocycles. The van der Waals surface area contributed by atoms with E-state index in [0.29, 0.717) is 22.3 Å². The molecule has 2 amide bonds. The Morgan fingerprint density at radius 2 is 1.64 bits per heavy atom. The summed E-state index contributed by atoms with van der Waals surface area (Å²) < 4.78 is 0. The highest BCUT2D eigenvalue weighted by Gasteiger charge is 2.14. The number of primary amides is 1. The van der Waals surface area contributed by atoms with Crippen LogP contribution in [0.25, 0.3) is 11.0 Å². The molecule has 0 spiro atoms. The van der Waals surface area contributed by atoms with E-state index in [2.05, 4.69) is 15.3 Å². The van der Waals surface area contributed by atoms with Crippen LogP contribution in [0.2, 0.25) is 0 Å². The zero-order valence-electron chi connectivity index (χ0n) is 11.5. The number of hydrogen-bond acceptors (Lipinski definition) is 4. The highest BCUT2D eigenvalue weighted by molar-refractivity contribution is 6.13. The van der Waals surface area contributed by atoms with Gasteiger partial charge >= 0.3 is 0 Å². The minimum absolute atomic E-state index is 0.252. The number of anilines is 1. The van der Waals surface area contributed by atoms with E-state index < -0.39 is 5.91 Å². The van der Waals surface area contributed by atoms with Crippen molar-refractivity contribution in [2.75, 3.05) is 5.32 Å². The first-order valence-corrected chi connectivity index (χ1v) is 6.57. The number of rotatable bonds is 3. The van der Waals surface area contributed by atoms with E-state index in [-0.39, 0.29) is 11.5 Å². The lowest BCUT2D eigenvalue weighted by Crippen LogP contribution is -2.18. The summed E-state index contributed by atoms with van der Waals surface area (Å²) in [5.74, 6) is -0.978. The molecule has 0 aliphatic carbocycles. The number of hydrogen-bond donors (Lipinski definition) is 2. The monoisotopic (exact) mass is 292 g/mol. The molecule has 0 saturated carbocycles. The zero-order valence-corrected chi connectivity index (χ0v) is 11.5. The normalized spacial score (nSPS) is 10.4. The molecule has 0 saturated heterocycles. The van der Waals surface area contributed by atoms with Gasteiger partial charge in [0.15, 0.2) is 0 Å². The predicted octanol–water partition coefficient (Wildman–Crippen LogP) is 1.98. The first-order valence-electron chi connectivity index (χ1n) is 6.57. The Hall–Kier alpha value is -3.28. The number of aromatic nitrogens is 2. The van der Waals surface area contributed by atoms with Crippen molar-refractivity contribution in [3.8, 4) is 0 Å². The SMILES string of the molecule is NC(=O)c1ccccc1NC(=O)c1cccc2nccnc12. The number of nitrogens with two attached hydrogens (primary N) is 1. The fraction of sp³-hybridized carbons (Fsp3) is 0. The second kappa shape index (κ2) is 5.61. The minimum Gasteiger partial charge on any atom is -0.366 e. The fourth-order valence-electron chi connectivity index (χ4n) is 2.17. The first kappa shape index (κ1) is 13.7. The lowest BCUT2D eigenvalue weighted by Gasteiger charge is -2.09. The molecule has 6 nitrogen and oxygen atoms in total. The Kier molecular flexibility index (Phi) is 3.49. The molecule has 0 fully saturated rings. The topological polar surface area (TPSA) is 98.0 Å². The standard InChI is InChI=1S/C16H12N4O2/c17-15(21)10-4-1-2-6-12(10)20-16(22)11-5-3-7-13-14(11)19-9-8-18-13/h1-9H,(H2,17,21)(H,20,22). The predicted molar refractivity (Wildman–Crippen MR) is 82.5 cm³/mol. The van der Waals surface area contributed by atoms with Gasteiger partial charge in [0.1, 0.15) is 5.52 Å². The summed E-state index contributed by atoms with van der Waals surface area (Å²) in [6.45, 7) is 0. The average molecular weight is 292 g/mol. The molecule has 3 aromatic rings. The van der Waals surface area contributed by atoms with Crippen LogP contribution in [0.15, 0.2) is 54.9 Å². The van der Waals surface area contributed by atoms with Gasteiger partial charge in [0, 0.05) is 12.4 Å². The summed E-state index contributed by atoms with van der Waals surface area (Å²) in [5.41, 5.74) is 7.42. The lowest BCUT2D eigenvalue weighted by molar-refractivity contribution is 0.100. The summed E-state index contributed by atoms with van der Waals surface area (Å²) >= 11 is 0. The molecule has 3 rings (SSSR count). The maximum atomic E-state index is 12.5. The largest absolute Gasteiger partial charge is 0.366 e. The second-order valence-corrected chi connectivity index (χ2v) is 4.59. The van der Waals surface area contributed by atoms with Gasteiger partial charge in [-0.25, -0.2) is 0 Å². The number of carbonyl (C=O) groups excluding carboxylic acids is 2. The third kappa shape index (κ3) is 2.49. The molecule has 0 unspecified atom stereocenters. The third-order valence-electron chi connectivity index (χ3n) is 3.18. The Balaban J connectivity index is 2.00. The van der Waals surface area contributed by atoms with Gasteiger partial charge in [-0.2, -0.15) is 0 Å². The van der Waals surface area contributed by atoms with Crippen LogP contribution in [0.1, 0.15) is 20.7 Å². The van der Waals surface area contributed by atoms with Gasteiger partial charge < -0.3 is 11.1 Å². The van der Waals surface area contributed by atoms with Crippen LogP contribution in [0.3, 0.4) is 0 Å². The molecule has 0 radical (unpaired) electrons. The van der Waals surface area contributed by atoms with Crippen molar-refractivity contribution in [2.24, 2.45) is 5.73 Å².